The van der Waals surface area contributed by atoms with Crippen LogP contribution in [0, 0.1) is 11.7 Å². The molecule has 0 spiro atoms. The molecule has 0 aliphatic carbocycles. The van der Waals surface area contributed by atoms with Crippen LogP contribution in [0.15, 0.2) is 42.6 Å². The minimum atomic E-state index is -0.258. The summed E-state index contributed by atoms with van der Waals surface area (Å²) in [6.45, 7) is 5.71. The van der Waals surface area contributed by atoms with Crippen LogP contribution in [0.4, 0.5) is 4.39 Å². The lowest BCUT2D eigenvalue weighted by Gasteiger charge is -2.39. The van der Waals surface area contributed by atoms with Gasteiger partial charge in [-0.1, -0.05) is 38.8 Å². The number of hydrogen-bond donors (Lipinski definition) is 0. The second-order valence-corrected chi connectivity index (χ2v) is 6.86. The Bertz CT molecular complexity index is 724. The summed E-state index contributed by atoms with van der Waals surface area (Å²) in [5.74, 6) is 0.00165. The summed E-state index contributed by atoms with van der Waals surface area (Å²) in [4.78, 5) is 15.2. The van der Waals surface area contributed by atoms with Crippen LogP contribution in [-0.2, 0) is 11.3 Å². The third kappa shape index (κ3) is 3.63. The van der Waals surface area contributed by atoms with E-state index in [4.69, 9.17) is 0 Å². The lowest BCUT2D eigenvalue weighted by Crippen LogP contribution is -2.45. The van der Waals surface area contributed by atoms with Gasteiger partial charge in [0, 0.05) is 30.9 Å². The molecule has 4 heteroatoms. The summed E-state index contributed by atoms with van der Waals surface area (Å²) in [7, 11) is 0. The van der Waals surface area contributed by atoms with Gasteiger partial charge in [0.15, 0.2) is 0 Å². The number of carbonyl (C=O) groups excluding carboxylic acids is 1. The van der Waals surface area contributed by atoms with Crippen LogP contribution in [-0.4, -0.2) is 21.9 Å². The molecule has 134 valence electrons. The predicted molar refractivity (Wildman–Crippen MR) is 97.7 cm³/mol. The topological polar surface area (TPSA) is 25.2 Å². The molecule has 2 heterocycles. The van der Waals surface area contributed by atoms with Gasteiger partial charge in [-0.2, -0.15) is 0 Å². The lowest BCUT2D eigenvalue weighted by molar-refractivity contribution is -0.138. The minimum Gasteiger partial charge on any atom is -0.348 e. The van der Waals surface area contributed by atoms with Gasteiger partial charge in [-0.05, 0) is 42.7 Å². The van der Waals surface area contributed by atoms with E-state index in [-0.39, 0.29) is 23.7 Å². The van der Waals surface area contributed by atoms with Gasteiger partial charge in [-0.15, -0.1) is 0 Å². The zero-order valence-electron chi connectivity index (χ0n) is 15.1. The first-order chi connectivity index (χ1) is 12.2. The molecule has 1 aromatic carbocycles. The highest BCUT2D eigenvalue weighted by Gasteiger charge is 2.34. The first-order valence-corrected chi connectivity index (χ1v) is 9.36. The van der Waals surface area contributed by atoms with E-state index in [0.717, 1.165) is 43.5 Å². The second-order valence-electron chi connectivity index (χ2n) is 6.86. The molecule has 1 amide bonds. The van der Waals surface area contributed by atoms with Crippen LogP contribution in [0.5, 0.6) is 0 Å². The number of aromatic nitrogens is 1. The highest BCUT2D eigenvalue weighted by Crippen LogP contribution is 2.34. The van der Waals surface area contributed by atoms with Crippen molar-refractivity contribution in [2.45, 2.75) is 52.1 Å². The Morgan fingerprint density at radius 2 is 2.08 bits per heavy atom. The Labute approximate surface area is 149 Å². The number of fused-ring (bicyclic) bond motifs is 1. The fourth-order valence-electron chi connectivity index (χ4n) is 3.84. The fraction of sp³-hybridized carbons (Fsp3) is 0.476. The molecule has 3 nitrogen and oxygen atoms in total. The number of carbonyl (C=O) groups is 1. The molecule has 2 aromatic rings. The van der Waals surface area contributed by atoms with E-state index in [1.807, 2.05) is 29.3 Å². The van der Waals surface area contributed by atoms with Crippen LogP contribution in [0.2, 0.25) is 0 Å². The Morgan fingerprint density at radius 3 is 2.80 bits per heavy atom. The van der Waals surface area contributed by atoms with Crippen LogP contribution in [0.1, 0.15) is 56.8 Å². The van der Waals surface area contributed by atoms with Crippen LogP contribution in [0.3, 0.4) is 0 Å². The molecule has 1 aliphatic rings. The third-order valence-corrected chi connectivity index (χ3v) is 5.23. The highest BCUT2D eigenvalue weighted by molar-refractivity contribution is 5.80. The van der Waals surface area contributed by atoms with Crippen LogP contribution in [0.25, 0.3) is 0 Å². The quantitative estimate of drug-likeness (QED) is 0.742. The van der Waals surface area contributed by atoms with Crippen molar-refractivity contribution in [3.05, 3.63) is 59.7 Å². The van der Waals surface area contributed by atoms with Crippen LogP contribution < -0.4 is 0 Å². The van der Waals surface area contributed by atoms with Crippen molar-refractivity contribution in [2.75, 3.05) is 6.54 Å². The second kappa shape index (κ2) is 7.85. The number of benzene rings is 1. The smallest absolute Gasteiger partial charge is 0.226 e. The Balaban J connectivity index is 1.95. The highest BCUT2D eigenvalue weighted by atomic mass is 19.1. The molecule has 0 N–H and O–H groups in total. The van der Waals surface area contributed by atoms with E-state index in [2.05, 4.69) is 18.4 Å². The molecule has 25 heavy (non-hydrogen) atoms. The van der Waals surface area contributed by atoms with E-state index in [1.54, 1.807) is 12.1 Å². The number of nitrogens with zero attached hydrogens (tertiary/aromatic N) is 2. The summed E-state index contributed by atoms with van der Waals surface area (Å²) in [5.41, 5.74) is 1.91. The van der Waals surface area contributed by atoms with Gasteiger partial charge in [0.1, 0.15) is 5.82 Å². The Hall–Kier alpha value is -2.10. The first kappa shape index (κ1) is 17.7. The molecule has 2 atom stereocenters. The van der Waals surface area contributed by atoms with E-state index in [1.165, 1.54) is 6.07 Å². The van der Waals surface area contributed by atoms with Gasteiger partial charge >= 0.3 is 0 Å². The monoisotopic (exact) mass is 342 g/mol. The molecule has 0 bridgehead atoms. The van der Waals surface area contributed by atoms with Crippen molar-refractivity contribution in [3.8, 4) is 0 Å². The van der Waals surface area contributed by atoms with Gasteiger partial charge < -0.3 is 9.47 Å². The fourth-order valence-corrected chi connectivity index (χ4v) is 3.84. The molecule has 0 fully saturated rings. The number of rotatable bonds is 6. The molecular weight excluding hydrogens is 315 g/mol. The Morgan fingerprint density at radius 1 is 1.24 bits per heavy atom. The van der Waals surface area contributed by atoms with E-state index >= 15 is 0 Å². The van der Waals surface area contributed by atoms with E-state index < -0.39 is 0 Å². The molecule has 0 saturated heterocycles. The molecule has 3 rings (SSSR count). The number of unbranched alkanes of at least 4 members (excludes halogenated alkanes) is 1. The zero-order valence-corrected chi connectivity index (χ0v) is 15.1. The third-order valence-electron chi connectivity index (χ3n) is 5.23. The van der Waals surface area contributed by atoms with E-state index in [0.29, 0.717) is 6.54 Å². The van der Waals surface area contributed by atoms with Gasteiger partial charge in [0.25, 0.3) is 0 Å². The summed E-state index contributed by atoms with van der Waals surface area (Å²) >= 11 is 0. The van der Waals surface area contributed by atoms with Crippen molar-refractivity contribution in [1.29, 1.82) is 0 Å². The molecule has 0 saturated carbocycles. The number of halogens is 1. The van der Waals surface area contributed by atoms with Gasteiger partial charge in [0.05, 0.1) is 6.04 Å². The van der Waals surface area contributed by atoms with Crippen molar-refractivity contribution in [2.24, 2.45) is 5.92 Å². The normalized spacial score (nSPS) is 18.0. The molecular formula is C21H27FN2O. The molecule has 0 unspecified atom stereocenters. The standard InChI is InChI=1S/C21H27FN2O/c1-3-5-8-16(4-2)21(25)24-14-13-23-12-7-11-19(23)20(24)17-9-6-10-18(22)15-17/h6-7,9-12,15-16,20H,3-5,8,13-14H2,1-2H3/t16-,20+/m1/s1. The van der Waals surface area contributed by atoms with E-state index in [9.17, 15) is 9.18 Å². The summed E-state index contributed by atoms with van der Waals surface area (Å²) in [5, 5.41) is 0. The average molecular weight is 342 g/mol. The lowest BCUT2D eigenvalue weighted by atomic mass is 9.93. The summed E-state index contributed by atoms with van der Waals surface area (Å²) < 4.78 is 16.0. The average Bonchev–Trinajstić information content (AvgIpc) is 3.10. The number of hydrogen-bond acceptors (Lipinski definition) is 1. The summed E-state index contributed by atoms with van der Waals surface area (Å²) in [6.07, 6.45) is 5.99. The SMILES string of the molecule is CCCC[C@@H](CC)C(=O)N1CCn2cccc2[C@@H]1c1cccc(F)c1. The maximum absolute atomic E-state index is 13.8. The summed E-state index contributed by atoms with van der Waals surface area (Å²) in [6, 6.07) is 10.5. The molecule has 0 radical (unpaired) electrons. The van der Waals surface area contributed by atoms with Gasteiger partial charge in [0.2, 0.25) is 5.91 Å². The molecule has 1 aromatic heterocycles. The predicted octanol–water partition coefficient (Wildman–Crippen LogP) is 4.78. The van der Waals surface area contributed by atoms with Crippen LogP contribution >= 0.6 is 0 Å². The maximum Gasteiger partial charge on any atom is 0.226 e. The largest absolute Gasteiger partial charge is 0.348 e. The van der Waals surface area contributed by atoms with Crippen molar-refractivity contribution in [3.63, 3.8) is 0 Å². The first-order valence-electron chi connectivity index (χ1n) is 9.36. The van der Waals surface area contributed by atoms with Gasteiger partial charge in [-0.25, -0.2) is 4.39 Å². The Kier molecular flexibility index (Phi) is 5.57. The maximum atomic E-state index is 13.8. The van der Waals surface area contributed by atoms with Crippen molar-refractivity contribution < 1.29 is 9.18 Å². The molecule has 1 aliphatic heterocycles. The zero-order chi connectivity index (χ0) is 17.8. The number of amides is 1. The van der Waals surface area contributed by atoms with Crippen molar-refractivity contribution >= 4 is 5.91 Å². The van der Waals surface area contributed by atoms with Crippen molar-refractivity contribution in [1.82, 2.24) is 9.47 Å². The van der Waals surface area contributed by atoms with Gasteiger partial charge in [-0.3, -0.25) is 4.79 Å². The minimum absolute atomic E-state index is 0.0533.